The number of nitrogens with zero attached hydrogens (tertiary/aromatic N) is 2. The number of carbonyl (C=O) groups is 2. The van der Waals surface area contributed by atoms with Crippen LogP contribution in [0.15, 0.2) is 72.9 Å². The zero-order valence-electron chi connectivity index (χ0n) is 15.9. The van der Waals surface area contributed by atoms with Crippen LogP contribution >= 0.6 is 0 Å². The number of ether oxygens (including phenoxy) is 1. The third-order valence-electron chi connectivity index (χ3n) is 4.22. The Hall–Kier alpha value is -3.47. The second kappa shape index (κ2) is 8.95. The molecule has 0 fully saturated rings. The highest BCUT2D eigenvalue weighted by Crippen LogP contribution is 2.18. The van der Waals surface area contributed by atoms with E-state index >= 15 is 0 Å². The van der Waals surface area contributed by atoms with Gasteiger partial charge in [0, 0.05) is 35.0 Å². The minimum atomic E-state index is -0.571. The normalized spacial score (nSPS) is 11.1. The molecule has 0 spiro atoms. The van der Waals surface area contributed by atoms with E-state index in [0.29, 0.717) is 0 Å². The number of fused-ring (bicyclic) bond motifs is 1. The molecule has 1 aromatic heterocycles. The molecule has 0 atom stereocenters. The Labute approximate surface area is 164 Å². The molecule has 0 radical (unpaired) electrons. The zero-order chi connectivity index (χ0) is 19.9. The number of aromatic nitrogens is 1. The maximum absolute atomic E-state index is 12.6. The lowest BCUT2D eigenvalue weighted by Gasteiger charge is -2.26. The Bertz CT molecular complexity index is 992. The highest BCUT2D eigenvalue weighted by Gasteiger charge is 2.19. The molecule has 0 saturated carbocycles. The Kier molecular flexibility index (Phi) is 6.17. The summed E-state index contributed by atoms with van der Waals surface area (Å²) in [4.78, 5) is 30.6. The molecule has 0 bridgehead atoms. The summed E-state index contributed by atoms with van der Waals surface area (Å²) in [6.07, 6.45) is 4.68. The summed E-state index contributed by atoms with van der Waals surface area (Å²) >= 11 is 0. The van der Waals surface area contributed by atoms with Gasteiger partial charge in [-0.15, -0.1) is 0 Å². The molecule has 1 amide bonds. The summed E-state index contributed by atoms with van der Waals surface area (Å²) in [6.45, 7) is 3.52. The first-order valence-electron chi connectivity index (χ1n) is 9.12. The van der Waals surface area contributed by atoms with Crippen molar-refractivity contribution in [3.05, 3.63) is 78.5 Å². The van der Waals surface area contributed by atoms with Gasteiger partial charge in [0.05, 0.1) is 5.52 Å². The summed E-state index contributed by atoms with van der Waals surface area (Å²) in [5.41, 5.74) is 2.39. The van der Waals surface area contributed by atoms with Crippen LogP contribution in [0, 0.1) is 0 Å². The molecule has 3 rings (SSSR count). The largest absolute Gasteiger partial charge is 0.452 e. The van der Waals surface area contributed by atoms with Crippen molar-refractivity contribution in [2.75, 3.05) is 11.5 Å². The number of esters is 1. The van der Waals surface area contributed by atoms with Gasteiger partial charge < -0.3 is 9.64 Å². The molecule has 0 aliphatic rings. The van der Waals surface area contributed by atoms with E-state index in [-0.39, 0.29) is 18.6 Å². The number of pyridine rings is 1. The molecule has 5 nitrogen and oxygen atoms in total. The highest BCUT2D eigenvalue weighted by atomic mass is 16.5. The lowest BCUT2D eigenvalue weighted by atomic mass is 10.1. The Morgan fingerprint density at radius 2 is 1.79 bits per heavy atom. The summed E-state index contributed by atoms with van der Waals surface area (Å²) < 4.78 is 5.15. The SMILES string of the molecule is CC(C)N(C(=O)COC(=O)/C=C\c1cccc2cccnc12)c1ccccc1. The fourth-order valence-corrected chi connectivity index (χ4v) is 2.99. The Morgan fingerprint density at radius 3 is 2.54 bits per heavy atom. The number of hydrogen-bond acceptors (Lipinski definition) is 4. The molecule has 2 aromatic carbocycles. The van der Waals surface area contributed by atoms with Gasteiger partial charge >= 0.3 is 5.97 Å². The number of carbonyl (C=O) groups excluding carboxylic acids is 2. The third kappa shape index (κ3) is 4.62. The van der Waals surface area contributed by atoms with Gasteiger partial charge in [-0.1, -0.05) is 42.5 Å². The minimum absolute atomic E-state index is 0.0501. The van der Waals surface area contributed by atoms with Crippen LogP contribution in [0.3, 0.4) is 0 Å². The first-order chi connectivity index (χ1) is 13.6. The first-order valence-corrected chi connectivity index (χ1v) is 9.12. The van der Waals surface area contributed by atoms with Crippen molar-refractivity contribution in [2.45, 2.75) is 19.9 Å². The second-order valence-electron chi connectivity index (χ2n) is 6.56. The van der Waals surface area contributed by atoms with Crippen LogP contribution in [0.4, 0.5) is 5.69 Å². The molecule has 1 heterocycles. The van der Waals surface area contributed by atoms with Crippen molar-refractivity contribution in [3.63, 3.8) is 0 Å². The van der Waals surface area contributed by atoms with Crippen LogP contribution in [-0.2, 0) is 14.3 Å². The summed E-state index contributed by atoms with van der Waals surface area (Å²) in [7, 11) is 0. The van der Waals surface area contributed by atoms with E-state index < -0.39 is 5.97 Å². The molecule has 5 heteroatoms. The summed E-state index contributed by atoms with van der Waals surface area (Å²) in [6, 6.07) is 18.8. The predicted octanol–water partition coefficient (Wildman–Crippen LogP) is 4.23. The van der Waals surface area contributed by atoms with Crippen LogP contribution in [0.1, 0.15) is 19.4 Å². The second-order valence-corrected chi connectivity index (χ2v) is 6.56. The van der Waals surface area contributed by atoms with Crippen molar-refractivity contribution in [3.8, 4) is 0 Å². The van der Waals surface area contributed by atoms with Crippen LogP contribution in [0.2, 0.25) is 0 Å². The summed E-state index contributed by atoms with van der Waals surface area (Å²) in [5.74, 6) is -0.840. The van der Waals surface area contributed by atoms with Crippen molar-refractivity contribution in [2.24, 2.45) is 0 Å². The van der Waals surface area contributed by atoms with E-state index in [0.717, 1.165) is 22.2 Å². The lowest BCUT2D eigenvalue weighted by molar-refractivity contribution is -0.143. The quantitative estimate of drug-likeness (QED) is 0.478. The van der Waals surface area contributed by atoms with Gasteiger partial charge in [-0.2, -0.15) is 0 Å². The van der Waals surface area contributed by atoms with E-state index in [9.17, 15) is 9.59 Å². The van der Waals surface area contributed by atoms with Gasteiger partial charge in [0.1, 0.15) is 0 Å². The minimum Gasteiger partial charge on any atom is -0.452 e. The average molecular weight is 374 g/mol. The fourth-order valence-electron chi connectivity index (χ4n) is 2.99. The highest BCUT2D eigenvalue weighted by molar-refractivity contribution is 5.97. The van der Waals surface area contributed by atoms with E-state index in [1.807, 2.05) is 74.5 Å². The van der Waals surface area contributed by atoms with Crippen LogP contribution in [0.25, 0.3) is 17.0 Å². The molecule has 0 unspecified atom stereocenters. The molecule has 3 aromatic rings. The maximum Gasteiger partial charge on any atom is 0.331 e. The van der Waals surface area contributed by atoms with E-state index in [4.69, 9.17) is 4.74 Å². The third-order valence-corrected chi connectivity index (χ3v) is 4.22. The number of amides is 1. The van der Waals surface area contributed by atoms with Crippen LogP contribution in [-0.4, -0.2) is 29.5 Å². The molecule has 0 aliphatic heterocycles. The zero-order valence-corrected chi connectivity index (χ0v) is 15.9. The van der Waals surface area contributed by atoms with Crippen molar-refractivity contribution >= 4 is 34.5 Å². The first kappa shape index (κ1) is 19.3. The topological polar surface area (TPSA) is 59.5 Å². The smallest absolute Gasteiger partial charge is 0.331 e. The predicted molar refractivity (Wildman–Crippen MR) is 111 cm³/mol. The molecule has 0 saturated heterocycles. The van der Waals surface area contributed by atoms with Gasteiger partial charge in [-0.05, 0) is 38.1 Å². The van der Waals surface area contributed by atoms with E-state index in [1.54, 1.807) is 17.2 Å². The van der Waals surface area contributed by atoms with E-state index in [2.05, 4.69) is 4.98 Å². The standard InChI is InChI=1S/C23H22N2O3/c1-17(2)25(20-11-4-3-5-12-20)21(26)16-28-22(27)14-13-19-9-6-8-18-10-7-15-24-23(18)19/h3-15,17H,16H2,1-2H3/b14-13-. The number of anilines is 1. The van der Waals surface area contributed by atoms with Gasteiger partial charge in [-0.25, -0.2) is 4.79 Å². The number of para-hydroxylation sites is 2. The Morgan fingerprint density at radius 1 is 1.04 bits per heavy atom. The van der Waals surface area contributed by atoms with Gasteiger partial charge in [-0.3, -0.25) is 9.78 Å². The monoisotopic (exact) mass is 374 g/mol. The van der Waals surface area contributed by atoms with Gasteiger partial charge in [0.15, 0.2) is 6.61 Å². The van der Waals surface area contributed by atoms with Crippen LogP contribution < -0.4 is 4.90 Å². The fraction of sp³-hybridized carbons (Fsp3) is 0.174. The van der Waals surface area contributed by atoms with Crippen molar-refractivity contribution < 1.29 is 14.3 Å². The Balaban J connectivity index is 1.64. The van der Waals surface area contributed by atoms with Crippen LogP contribution in [0.5, 0.6) is 0 Å². The molecule has 28 heavy (non-hydrogen) atoms. The number of rotatable bonds is 6. The van der Waals surface area contributed by atoms with Crippen molar-refractivity contribution in [1.82, 2.24) is 4.98 Å². The molecule has 0 aliphatic carbocycles. The molecule has 142 valence electrons. The maximum atomic E-state index is 12.6. The number of benzene rings is 2. The molecular formula is C23H22N2O3. The summed E-state index contributed by atoms with van der Waals surface area (Å²) in [5, 5.41) is 0.989. The molecular weight excluding hydrogens is 352 g/mol. The van der Waals surface area contributed by atoms with Crippen molar-refractivity contribution in [1.29, 1.82) is 0 Å². The van der Waals surface area contributed by atoms with Gasteiger partial charge in [0.25, 0.3) is 5.91 Å². The molecule has 0 N–H and O–H groups in total. The lowest BCUT2D eigenvalue weighted by Crippen LogP contribution is -2.39. The average Bonchev–Trinajstić information content (AvgIpc) is 2.71. The van der Waals surface area contributed by atoms with E-state index in [1.165, 1.54) is 6.08 Å². The number of hydrogen-bond donors (Lipinski definition) is 0. The van der Waals surface area contributed by atoms with Gasteiger partial charge in [0.2, 0.25) is 0 Å².